The third kappa shape index (κ3) is 5.89. The third-order valence-electron chi connectivity index (χ3n) is 4.02. The first-order valence-corrected chi connectivity index (χ1v) is 10.0. The molecule has 0 aromatic heterocycles. The van der Waals surface area contributed by atoms with E-state index in [-0.39, 0.29) is 30.9 Å². The molecule has 1 heterocycles. The SMILES string of the molecule is COc1ccccc1OCC(=O)Nc1cccc(NC(=O)CN2CSCC2=O)c1. The van der Waals surface area contributed by atoms with E-state index in [4.69, 9.17) is 9.47 Å². The zero-order valence-electron chi connectivity index (χ0n) is 15.8. The molecule has 0 aliphatic carbocycles. The number of anilines is 2. The Labute approximate surface area is 172 Å². The minimum atomic E-state index is -0.348. The Hall–Kier alpha value is -3.20. The molecule has 152 valence electrons. The zero-order valence-corrected chi connectivity index (χ0v) is 16.7. The summed E-state index contributed by atoms with van der Waals surface area (Å²) in [5, 5.41) is 5.45. The quantitative estimate of drug-likeness (QED) is 0.686. The fourth-order valence-corrected chi connectivity index (χ4v) is 3.57. The van der Waals surface area contributed by atoms with Crippen molar-refractivity contribution in [3.8, 4) is 11.5 Å². The van der Waals surface area contributed by atoms with Crippen LogP contribution in [-0.2, 0) is 14.4 Å². The highest BCUT2D eigenvalue weighted by atomic mass is 32.2. The number of carbonyl (C=O) groups is 3. The predicted molar refractivity (Wildman–Crippen MR) is 111 cm³/mol. The molecule has 9 heteroatoms. The Morgan fingerprint density at radius 3 is 2.38 bits per heavy atom. The van der Waals surface area contributed by atoms with Crippen LogP contribution in [0.2, 0.25) is 0 Å². The summed E-state index contributed by atoms with van der Waals surface area (Å²) in [6.45, 7) is -0.180. The summed E-state index contributed by atoms with van der Waals surface area (Å²) in [4.78, 5) is 37.4. The van der Waals surface area contributed by atoms with Crippen LogP contribution in [0.4, 0.5) is 11.4 Å². The number of benzene rings is 2. The van der Waals surface area contributed by atoms with Gasteiger partial charge in [-0.15, -0.1) is 11.8 Å². The second kappa shape index (κ2) is 9.83. The molecule has 0 bridgehead atoms. The Balaban J connectivity index is 1.51. The van der Waals surface area contributed by atoms with Crippen molar-refractivity contribution in [3.05, 3.63) is 48.5 Å². The lowest BCUT2D eigenvalue weighted by atomic mass is 10.2. The second-order valence-corrected chi connectivity index (χ2v) is 7.14. The molecule has 29 heavy (non-hydrogen) atoms. The Kier molecular flexibility index (Phi) is 6.96. The molecule has 1 saturated heterocycles. The van der Waals surface area contributed by atoms with Crippen LogP contribution in [-0.4, -0.2) is 54.5 Å². The molecule has 0 spiro atoms. The third-order valence-corrected chi connectivity index (χ3v) is 4.96. The van der Waals surface area contributed by atoms with Crippen molar-refractivity contribution in [2.24, 2.45) is 0 Å². The summed E-state index contributed by atoms with van der Waals surface area (Å²) < 4.78 is 10.7. The van der Waals surface area contributed by atoms with E-state index in [9.17, 15) is 14.4 Å². The van der Waals surface area contributed by atoms with Crippen LogP contribution < -0.4 is 20.1 Å². The van der Waals surface area contributed by atoms with E-state index in [1.807, 2.05) is 6.07 Å². The molecule has 8 nitrogen and oxygen atoms in total. The van der Waals surface area contributed by atoms with Crippen LogP contribution >= 0.6 is 11.8 Å². The summed E-state index contributed by atoms with van der Waals surface area (Å²) in [6.07, 6.45) is 0. The van der Waals surface area contributed by atoms with Gasteiger partial charge in [0.15, 0.2) is 18.1 Å². The second-order valence-electron chi connectivity index (χ2n) is 6.19. The van der Waals surface area contributed by atoms with Gasteiger partial charge in [-0.05, 0) is 30.3 Å². The van der Waals surface area contributed by atoms with E-state index in [0.29, 0.717) is 34.5 Å². The van der Waals surface area contributed by atoms with Crippen LogP contribution in [0.25, 0.3) is 0 Å². The summed E-state index contributed by atoms with van der Waals surface area (Å²) in [5.41, 5.74) is 1.04. The van der Waals surface area contributed by atoms with E-state index in [1.54, 1.807) is 42.5 Å². The minimum Gasteiger partial charge on any atom is -0.493 e. The Bertz CT molecular complexity index is 905. The van der Waals surface area contributed by atoms with Crippen molar-refractivity contribution in [3.63, 3.8) is 0 Å². The molecule has 1 aliphatic heterocycles. The number of para-hydroxylation sites is 2. The molecule has 0 radical (unpaired) electrons. The van der Waals surface area contributed by atoms with Crippen molar-refractivity contribution in [2.75, 3.05) is 42.5 Å². The van der Waals surface area contributed by atoms with Crippen LogP contribution in [0.15, 0.2) is 48.5 Å². The number of nitrogens with one attached hydrogen (secondary N) is 2. The average molecular weight is 415 g/mol. The highest BCUT2D eigenvalue weighted by molar-refractivity contribution is 8.00. The van der Waals surface area contributed by atoms with E-state index in [0.717, 1.165) is 0 Å². The normalized spacial score (nSPS) is 13.1. The Morgan fingerprint density at radius 2 is 1.72 bits per heavy atom. The molecular formula is C20H21N3O5S. The molecule has 2 aromatic rings. The van der Waals surface area contributed by atoms with Gasteiger partial charge in [-0.2, -0.15) is 0 Å². The Morgan fingerprint density at radius 1 is 1.03 bits per heavy atom. The molecule has 2 aromatic carbocycles. The minimum absolute atomic E-state index is 0.00910. The maximum atomic E-state index is 12.2. The molecular weight excluding hydrogens is 394 g/mol. The number of methoxy groups -OCH3 is 1. The van der Waals surface area contributed by atoms with Gasteiger partial charge in [0.2, 0.25) is 11.8 Å². The van der Waals surface area contributed by atoms with Crippen molar-refractivity contribution < 1.29 is 23.9 Å². The van der Waals surface area contributed by atoms with E-state index >= 15 is 0 Å². The lowest BCUT2D eigenvalue weighted by molar-refractivity contribution is -0.130. The lowest BCUT2D eigenvalue weighted by Crippen LogP contribution is -2.34. The number of nitrogens with zero attached hydrogens (tertiary/aromatic N) is 1. The number of rotatable bonds is 8. The first-order chi connectivity index (χ1) is 14.0. The molecule has 1 fully saturated rings. The van der Waals surface area contributed by atoms with Gasteiger partial charge in [-0.25, -0.2) is 0 Å². The summed E-state index contributed by atoms with van der Waals surface area (Å²) in [7, 11) is 1.53. The number of hydrogen-bond donors (Lipinski definition) is 2. The van der Waals surface area contributed by atoms with E-state index < -0.39 is 0 Å². The molecule has 0 unspecified atom stereocenters. The highest BCUT2D eigenvalue weighted by Gasteiger charge is 2.22. The van der Waals surface area contributed by atoms with Crippen LogP contribution in [0.3, 0.4) is 0 Å². The summed E-state index contributed by atoms with van der Waals surface area (Å²) in [5.74, 6) is 1.27. The van der Waals surface area contributed by atoms with Crippen molar-refractivity contribution in [1.29, 1.82) is 0 Å². The maximum Gasteiger partial charge on any atom is 0.262 e. The molecule has 3 rings (SSSR count). The molecule has 0 saturated carbocycles. The smallest absolute Gasteiger partial charge is 0.262 e. The number of carbonyl (C=O) groups excluding carboxylic acids is 3. The van der Waals surface area contributed by atoms with Gasteiger partial charge in [-0.1, -0.05) is 18.2 Å². The van der Waals surface area contributed by atoms with Gasteiger partial charge in [0.25, 0.3) is 5.91 Å². The van der Waals surface area contributed by atoms with Crippen molar-refractivity contribution in [2.45, 2.75) is 0 Å². The van der Waals surface area contributed by atoms with Crippen molar-refractivity contribution >= 4 is 40.9 Å². The van der Waals surface area contributed by atoms with Gasteiger partial charge in [0.05, 0.1) is 18.7 Å². The number of ether oxygens (including phenoxy) is 2. The monoisotopic (exact) mass is 415 g/mol. The van der Waals surface area contributed by atoms with Gasteiger partial charge in [0.1, 0.15) is 6.54 Å². The molecule has 0 atom stereocenters. The molecule has 2 N–H and O–H groups in total. The number of amides is 3. The largest absolute Gasteiger partial charge is 0.493 e. The van der Waals surface area contributed by atoms with Crippen molar-refractivity contribution in [1.82, 2.24) is 4.90 Å². The van der Waals surface area contributed by atoms with Gasteiger partial charge in [-0.3, -0.25) is 14.4 Å². The maximum absolute atomic E-state index is 12.2. The summed E-state index contributed by atoms with van der Waals surface area (Å²) in [6, 6.07) is 13.8. The van der Waals surface area contributed by atoms with Crippen LogP contribution in [0.5, 0.6) is 11.5 Å². The fourth-order valence-electron chi connectivity index (χ4n) is 2.67. The fraction of sp³-hybridized carbons (Fsp3) is 0.250. The van der Waals surface area contributed by atoms with Gasteiger partial charge >= 0.3 is 0 Å². The van der Waals surface area contributed by atoms with E-state index in [2.05, 4.69) is 10.6 Å². The number of thioether (sulfide) groups is 1. The first-order valence-electron chi connectivity index (χ1n) is 8.86. The molecule has 3 amide bonds. The predicted octanol–water partition coefficient (Wildman–Crippen LogP) is 2.18. The lowest BCUT2D eigenvalue weighted by Gasteiger charge is -2.14. The van der Waals surface area contributed by atoms with Gasteiger partial charge < -0.3 is 25.0 Å². The van der Waals surface area contributed by atoms with Crippen LogP contribution in [0, 0.1) is 0 Å². The van der Waals surface area contributed by atoms with Crippen LogP contribution in [0.1, 0.15) is 0 Å². The average Bonchev–Trinajstić information content (AvgIpc) is 3.11. The highest BCUT2D eigenvalue weighted by Crippen LogP contribution is 2.25. The topological polar surface area (TPSA) is 97.0 Å². The number of hydrogen-bond acceptors (Lipinski definition) is 6. The standard InChI is InChI=1S/C20H21N3O5S/c1-27-16-7-2-3-8-17(16)28-11-19(25)22-15-6-4-5-14(9-15)21-18(24)10-23-13-29-12-20(23)26/h2-9H,10-13H2,1H3,(H,21,24)(H,22,25). The zero-order chi connectivity index (χ0) is 20.6. The first kappa shape index (κ1) is 20.5. The summed E-state index contributed by atoms with van der Waals surface area (Å²) >= 11 is 1.48. The van der Waals surface area contributed by atoms with E-state index in [1.165, 1.54) is 23.8 Å². The van der Waals surface area contributed by atoms with Gasteiger partial charge in [0, 0.05) is 11.4 Å². The molecule has 1 aliphatic rings.